The molecule has 90 valence electrons. The lowest BCUT2D eigenvalue weighted by atomic mass is 10.2. The Morgan fingerprint density at radius 2 is 2.12 bits per heavy atom. The lowest BCUT2D eigenvalue weighted by Gasteiger charge is -2.08. The van der Waals surface area contributed by atoms with Crippen LogP contribution in [-0.4, -0.2) is 15.7 Å². The van der Waals surface area contributed by atoms with Gasteiger partial charge in [0.2, 0.25) is 0 Å². The third kappa shape index (κ3) is 2.44. The van der Waals surface area contributed by atoms with Crippen LogP contribution < -0.4 is 0 Å². The summed E-state index contributed by atoms with van der Waals surface area (Å²) < 4.78 is 2.14. The van der Waals surface area contributed by atoms with Crippen LogP contribution in [0.25, 0.3) is 10.9 Å². The van der Waals surface area contributed by atoms with Crippen molar-refractivity contribution in [2.75, 3.05) is 5.33 Å². The molecule has 2 nitrogen and oxygen atoms in total. The molecule has 0 amide bonds. The molecule has 2 rings (SSSR count). The standard InChI is InChI=1S/C14H16BrNO/c1-2-3-8-16-12-7-5-4-6-11(12)9-13(16)14(17)10-15/h4-7,9H,2-3,8,10H2,1H3. The number of para-hydroxylation sites is 1. The Morgan fingerprint density at radius 3 is 2.82 bits per heavy atom. The summed E-state index contributed by atoms with van der Waals surface area (Å²) in [6.45, 7) is 3.08. The molecular formula is C14H16BrNO. The fraction of sp³-hybridized carbons (Fsp3) is 0.357. The fourth-order valence-corrected chi connectivity index (χ4v) is 2.35. The van der Waals surface area contributed by atoms with Crippen molar-refractivity contribution < 1.29 is 4.79 Å². The smallest absolute Gasteiger partial charge is 0.189 e. The third-order valence-electron chi connectivity index (χ3n) is 2.95. The SMILES string of the molecule is CCCCn1c(C(=O)CBr)cc2ccccc21. The van der Waals surface area contributed by atoms with E-state index in [9.17, 15) is 4.79 Å². The Bertz CT molecular complexity index is 530. The molecule has 1 aromatic carbocycles. The van der Waals surface area contributed by atoms with Crippen molar-refractivity contribution in [3.05, 3.63) is 36.0 Å². The maximum atomic E-state index is 11.9. The zero-order chi connectivity index (χ0) is 12.3. The molecular weight excluding hydrogens is 278 g/mol. The number of halogens is 1. The van der Waals surface area contributed by atoms with Crippen LogP contribution in [0.3, 0.4) is 0 Å². The summed E-state index contributed by atoms with van der Waals surface area (Å²) in [7, 11) is 0. The van der Waals surface area contributed by atoms with E-state index in [2.05, 4.69) is 39.6 Å². The lowest BCUT2D eigenvalue weighted by Crippen LogP contribution is -2.10. The molecule has 0 aliphatic rings. The molecule has 17 heavy (non-hydrogen) atoms. The topological polar surface area (TPSA) is 22.0 Å². The number of carbonyl (C=O) groups is 1. The molecule has 1 aromatic heterocycles. The summed E-state index contributed by atoms with van der Waals surface area (Å²) in [4.78, 5) is 11.9. The number of ketones is 1. The number of fused-ring (bicyclic) bond motifs is 1. The summed E-state index contributed by atoms with van der Waals surface area (Å²) >= 11 is 3.25. The summed E-state index contributed by atoms with van der Waals surface area (Å²) in [5.74, 6) is 0.150. The Hall–Kier alpha value is -1.09. The first-order valence-corrected chi connectivity index (χ1v) is 7.07. The zero-order valence-corrected chi connectivity index (χ0v) is 11.5. The van der Waals surface area contributed by atoms with Gasteiger partial charge in [-0.2, -0.15) is 0 Å². The van der Waals surface area contributed by atoms with Crippen molar-refractivity contribution in [2.24, 2.45) is 0 Å². The number of unbranched alkanes of at least 4 members (excludes halogenated alkanes) is 1. The van der Waals surface area contributed by atoms with E-state index in [0.717, 1.165) is 36.0 Å². The first kappa shape index (κ1) is 12.4. The normalized spacial score (nSPS) is 10.9. The highest BCUT2D eigenvalue weighted by molar-refractivity contribution is 9.09. The van der Waals surface area contributed by atoms with Crippen LogP contribution in [0.5, 0.6) is 0 Å². The van der Waals surface area contributed by atoms with E-state index in [1.807, 2.05) is 18.2 Å². The molecule has 0 aliphatic carbocycles. The fourth-order valence-electron chi connectivity index (χ4n) is 2.07. The maximum Gasteiger partial charge on any atom is 0.189 e. The van der Waals surface area contributed by atoms with Crippen molar-refractivity contribution in [1.82, 2.24) is 4.57 Å². The van der Waals surface area contributed by atoms with Gasteiger partial charge in [0.05, 0.1) is 11.0 Å². The number of hydrogen-bond acceptors (Lipinski definition) is 1. The van der Waals surface area contributed by atoms with Crippen LogP contribution in [-0.2, 0) is 6.54 Å². The molecule has 2 aromatic rings. The van der Waals surface area contributed by atoms with Gasteiger partial charge in [0.25, 0.3) is 0 Å². The Labute approximate surface area is 110 Å². The summed E-state index contributed by atoms with van der Waals surface area (Å²) in [5, 5.41) is 1.53. The number of benzene rings is 1. The van der Waals surface area contributed by atoms with Gasteiger partial charge in [-0.15, -0.1) is 0 Å². The first-order valence-electron chi connectivity index (χ1n) is 5.95. The van der Waals surface area contributed by atoms with E-state index >= 15 is 0 Å². The van der Waals surface area contributed by atoms with Gasteiger partial charge < -0.3 is 4.57 Å². The van der Waals surface area contributed by atoms with Gasteiger partial charge in [0.1, 0.15) is 0 Å². The van der Waals surface area contributed by atoms with Crippen molar-refractivity contribution >= 4 is 32.6 Å². The highest BCUT2D eigenvalue weighted by atomic mass is 79.9. The largest absolute Gasteiger partial charge is 0.338 e. The minimum Gasteiger partial charge on any atom is -0.338 e. The quantitative estimate of drug-likeness (QED) is 0.603. The monoisotopic (exact) mass is 293 g/mol. The lowest BCUT2D eigenvalue weighted by molar-refractivity contribution is 0.101. The molecule has 0 aliphatic heterocycles. The number of alkyl halides is 1. The van der Waals surface area contributed by atoms with Crippen LogP contribution >= 0.6 is 15.9 Å². The predicted molar refractivity (Wildman–Crippen MR) is 75.0 cm³/mol. The molecule has 1 heterocycles. The molecule has 0 bridgehead atoms. The van der Waals surface area contributed by atoms with Crippen LogP contribution in [0, 0.1) is 0 Å². The average molecular weight is 294 g/mol. The number of hydrogen-bond donors (Lipinski definition) is 0. The van der Waals surface area contributed by atoms with Crippen molar-refractivity contribution in [2.45, 2.75) is 26.3 Å². The number of aromatic nitrogens is 1. The Balaban J connectivity index is 2.52. The molecule has 0 atom stereocenters. The molecule has 0 spiro atoms. The Morgan fingerprint density at radius 1 is 1.35 bits per heavy atom. The van der Waals surface area contributed by atoms with Gasteiger partial charge in [0.15, 0.2) is 5.78 Å². The van der Waals surface area contributed by atoms with Crippen molar-refractivity contribution in [3.8, 4) is 0 Å². The first-order chi connectivity index (χ1) is 8.27. The van der Waals surface area contributed by atoms with Gasteiger partial charge in [0, 0.05) is 17.4 Å². The number of nitrogens with zero attached hydrogens (tertiary/aromatic N) is 1. The third-order valence-corrected chi connectivity index (χ3v) is 3.46. The van der Waals surface area contributed by atoms with Gasteiger partial charge in [-0.25, -0.2) is 0 Å². The van der Waals surface area contributed by atoms with Gasteiger partial charge >= 0.3 is 0 Å². The zero-order valence-electron chi connectivity index (χ0n) is 9.95. The highest BCUT2D eigenvalue weighted by Gasteiger charge is 2.13. The number of rotatable bonds is 5. The van der Waals surface area contributed by atoms with Crippen LogP contribution in [0.2, 0.25) is 0 Å². The minimum absolute atomic E-state index is 0.150. The minimum atomic E-state index is 0.150. The Kier molecular flexibility index (Phi) is 4.00. The van der Waals surface area contributed by atoms with Crippen LogP contribution in [0.15, 0.2) is 30.3 Å². The number of Topliss-reactive ketones (excluding diaryl/α,β-unsaturated/α-hetero) is 1. The van der Waals surface area contributed by atoms with Crippen LogP contribution in [0.4, 0.5) is 0 Å². The molecule has 3 heteroatoms. The van der Waals surface area contributed by atoms with E-state index < -0.39 is 0 Å². The predicted octanol–water partition coefficient (Wildman–Crippen LogP) is 4.02. The van der Waals surface area contributed by atoms with E-state index in [0.29, 0.717) is 5.33 Å². The van der Waals surface area contributed by atoms with Crippen LogP contribution in [0.1, 0.15) is 30.3 Å². The number of carbonyl (C=O) groups excluding carboxylic acids is 1. The van der Waals surface area contributed by atoms with E-state index in [1.165, 1.54) is 0 Å². The molecule has 0 N–H and O–H groups in total. The van der Waals surface area contributed by atoms with Crippen molar-refractivity contribution in [1.29, 1.82) is 0 Å². The molecule has 0 unspecified atom stereocenters. The van der Waals surface area contributed by atoms with Crippen molar-refractivity contribution in [3.63, 3.8) is 0 Å². The molecule has 0 saturated heterocycles. The summed E-state index contributed by atoms with van der Waals surface area (Å²) in [6, 6.07) is 10.2. The van der Waals surface area contributed by atoms with E-state index in [-0.39, 0.29) is 5.78 Å². The molecule has 0 fully saturated rings. The van der Waals surface area contributed by atoms with Gasteiger partial charge in [-0.3, -0.25) is 4.79 Å². The summed E-state index contributed by atoms with van der Waals surface area (Å²) in [5.41, 5.74) is 1.97. The second-order valence-electron chi connectivity index (χ2n) is 4.15. The molecule has 0 saturated carbocycles. The van der Waals surface area contributed by atoms with Gasteiger partial charge in [-0.1, -0.05) is 47.5 Å². The second-order valence-corrected chi connectivity index (χ2v) is 4.71. The second kappa shape index (κ2) is 5.50. The van der Waals surface area contributed by atoms with Gasteiger partial charge in [-0.05, 0) is 18.6 Å². The summed E-state index contributed by atoms with van der Waals surface area (Å²) in [6.07, 6.45) is 2.23. The molecule has 0 radical (unpaired) electrons. The highest BCUT2D eigenvalue weighted by Crippen LogP contribution is 2.21. The van der Waals surface area contributed by atoms with E-state index in [1.54, 1.807) is 0 Å². The van der Waals surface area contributed by atoms with E-state index in [4.69, 9.17) is 0 Å². The number of aryl methyl sites for hydroxylation is 1. The average Bonchev–Trinajstić information content (AvgIpc) is 2.74. The maximum absolute atomic E-state index is 11.9.